The van der Waals surface area contributed by atoms with Gasteiger partial charge in [-0.05, 0) is 60.7 Å². The Kier molecular flexibility index (Phi) is 7.30. The summed E-state index contributed by atoms with van der Waals surface area (Å²) in [7, 11) is 0. The minimum atomic E-state index is -0.121. The molecule has 1 aliphatic carbocycles. The zero-order valence-electron chi connectivity index (χ0n) is 14.5. The Hall–Kier alpha value is -3.54. The molecule has 0 amide bonds. The van der Waals surface area contributed by atoms with Gasteiger partial charge in [-0.25, -0.2) is 0 Å². The zero-order valence-corrected chi connectivity index (χ0v) is 12.5. The van der Waals surface area contributed by atoms with Crippen molar-refractivity contribution in [3.63, 3.8) is 0 Å². The first-order valence-electron chi connectivity index (χ1n) is 6.75. The minimum absolute atomic E-state index is 0. The van der Waals surface area contributed by atoms with Gasteiger partial charge in [0.2, 0.25) is 0 Å². The van der Waals surface area contributed by atoms with Gasteiger partial charge in [-0.3, -0.25) is 9.59 Å². The molecule has 6 heteroatoms. The third-order valence-electron chi connectivity index (χ3n) is 2.51. The summed E-state index contributed by atoms with van der Waals surface area (Å²) in [6.07, 6.45) is 5.01. The summed E-state index contributed by atoms with van der Waals surface area (Å²) in [6, 6.07) is 11.1. The van der Waals surface area contributed by atoms with Crippen molar-refractivity contribution in [3.8, 4) is 23.0 Å². The second-order valence-corrected chi connectivity index (χ2v) is 4.48. The van der Waals surface area contributed by atoms with Gasteiger partial charge < -0.3 is 20.4 Å². The van der Waals surface area contributed by atoms with Crippen molar-refractivity contribution in [2.45, 2.75) is 0 Å². The van der Waals surface area contributed by atoms with Crippen molar-refractivity contribution < 1.29 is 32.9 Å². The van der Waals surface area contributed by atoms with E-state index in [0.717, 1.165) is 0 Å². The van der Waals surface area contributed by atoms with Gasteiger partial charge in [-0.15, -0.1) is 5.75 Å². The van der Waals surface area contributed by atoms with Crippen LogP contribution in [0.25, 0.3) is 0 Å². The largest absolute Gasteiger partial charge is 1.00 e. The molecule has 0 unspecified atom stereocenters. The van der Waals surface area contributed by atoms with E-state index < -0.39 is 0 Å². The average molecular weight is 329 g/mol. The fraction of sp³-hybridized carbons (Fsp3) is 0. The lowest BCUT2D eigenvalue weighted by molar-refractivity contribution is -0.268. The van der Waals surface area contributed by atoms with Crippen molar-refractivity contribution >= 4 is 11.6 Å². The molecule has 0 heterocycles. The molecule has 2 aromatic rings. The summed E-state index contributed by atoms with van der Waals surface area (Å²) in [6.45, 7) is 0. The highest BCUT2D eigenvalue weighted by Crippen LogP contribution is 2.13. The number of allylic oxidation sites excluding steroid dienone is 4. The van der Waals surface area contributed by atoms with E-state index >= 15 is 0 Å². The average Bonchev–Trinajstić information content (AvgIpc) is 2.57. The van der Waals surface area contributed by atoms with Crippen molar-refractivity contribution in [3.05, 3.63) is 72.8 Å². The number of benzene rings is 2. The highest BCUT2D eigenvalue weighted by atomic mass is 16.3. The van der Waals surface area contributed by atoms with Gasteiger partial charge in [0, 0.05) is 0 Å². The van der Waals surface area contributed by atoms with E-state index in [9.17, 15) is 14.7 Å². The molecule has 0 fully saturated rings. The van der Waals surface area contributed by atoms with Gasteiger partial charge in [-0.2, -0.15) is 0 Å². The maximum absolute atomic E-state index is 10.3. The molecule has 124 valence electrons. The fourth-order valence-corrected chi connectivity index (χ4v) is 1.34. The highest BCUT2D eigenvalue weighted by Gasteiger charge is 1.97. The number of phenols is 3. The number of carbonyl (C=O) groups excluding carboxylic acids is 2. The second kappa shape index (κ2) is 9.47. The summed E-state index contributed by atoms with van der Waals surface area (Å²) >= 11 is 0. The van der Waals surface area contributed by atoms with E-state index in [1.165, 1.54) is 72.8 Å². The van der Waals surface area contributed by atoms with Crippen molar-refractivity contribution in [2.24, 2.45) is 0 Å². The summed E-state index contributed by atoms with van der Waals surface area (Å²) in [5.74, 6) is 0.146. The molecule has 0 aromatic heterocycles. The smallest absolute Gasteiger partial charge is 0.872 e. The molecular weight excluding hydrogens is 312 g/mol. The van der Waals surface area contributed by atoms with Gasteiger partial charge in [0.05, 0.1) is 0 Å². The first-order valence-corrected chi connectivity index (χ1v) is 6.75. The normalized spacial score (nSPS) is 11.8. The maximum Gasteiger partial charge on any atom is 1.00 e. The lowest BCUT2D eigenvalue weighted by Gasteiger charge is -2.00. The summed E-state index contributed by atoms with van der Waals surface area (Å²) in [5.41, 5.74) is 0. The van der Waals surface area contributed by atoms with Crippen LogP contribution in [-0.2, 0) is 9.59 Å². The molecule has 0 spiro atoms. The first kappa shape index (κ1) is 18.5. The number of carbonyl (C=O) groups is 2. The van der Waals surface area contributed by atoms with Crippen molar-refractivity contribution in [1.29, 1.82) is 0 Å². The van der Waals surface area contributed by atoms with Crippen LogP contribution in [0.5, 0.6) is 23.0 Å². The molecule has 0 radical (unpaired) electrons. The third-order valence-corrected chi connectivity index (χ3v) is 2.51. The Morgan fingerprint density at radius 3 is 1.08 bits per heavy atom. The summed E-state index contributed by atoms with van der Waals surface area (Å²) in [5, 5.41) is 36.2. The number of hydrogen-bond donors (Lipinski definition) is 3. The van der Waals surface area contributed by atoms with Gasteiger partial charge in [0.25, 0.3) is 0 Å². The van der Waals surface area contributed by atoms with Gasteiger partial charge in [0.1, 0.15) is 17.2 Å². The molecule has 1 aliphatic rings. The number of aromatic hydroxyl groups is 3. The van der Waals surface area contributed by atoms with Gasteiger partial charge in [0.15, 0.2) is 11.6 Å². The molecule has 3 N–H and O–H groups in total. The quantitative estimate of drug-likeness (QED) is 0.503. The van der Waals surface area contributed by atoms with Crippen LogP contribution in [-0.4, -0.2) is 26.9 Å². The maximum atomic E-state index is 10.3. The summed E-state index contributed by atoms with van der Waals surface area (Å²) < 4.78 is 0. The van der Waals surface area contributed by atoms with E-state index in [1.54, 1.807) is 0 Å². The van der Waals surface area contributed by atoms with Crippen LogP contribution >= 0.6 is 0 Å². The lowest BCUT2D eigenvalue weighted by atomic mass is 10.2. The predicted octanol–water partition coefficient (Wildman–Crippen LogP) is 2.04. The number of hydrogen-bond acceptors (Lipinski definition) is 6. The highest BCUT2D eigenvalue weighted by molar-refractivity contribution is 6.14. The fourth-order valence-electron chi connectivity index (χ4n) is 1.34. The topological polar surface area (TPSA) is 118 Å². The van der Waals surface area contributed by atoms with Gasteiger partial charge in [-0.1, -0.05) is 12.1 Å². The number of phenolic OH excluding ortho intramolecular Hbond substituents is 3. The van der Waals surface area contributed by atoms with Crippen LogP contribution < -0.4 is 5.11 Å². The Morgan fingerprint density at radius 2 is 0.833 bits per heavy atom. The molecule has 0 bridgehead atoms. The van der Waals surface area contributed by atoms with Crippen LogP contribution in [0.2, 0.25) is 0 Å². The zero-order chi connectivity index (χ0) is 17.9. The third kappa shape index (κ3) is 8.04. The molecule has 0 saturated heterocycles. The molecule has 0 atom stereocenters. The molecule has 24 heavy (non-hydrogen) atoms. The lowest BCUT2D eigenvalue weighted by Crippen LogP contribution is -1.97. The van der Waals surface area contributed by atoms with Crippen LogP contribution in [0.3, 0.4) is 0 Å². The first-order chi connectivity index (χ1) is 11.4. The Balaban J connectivity index is 0. The van der Waals surface area contributed by atoms with Crippen molar-refractivity contribution in [2.75, 3.05) is 0 Å². The molecule has 0 saturated carbocycles. The molecule has 3 rings (SSSR count). The Morgan fingerprint density at radius 1 is 0.583 bits per heavy atom. The molecule has 2 aromatic carbocycles. The van der Waals surface area contributed by atoms with Crippen LogP contribution in [0.4, 0.5) is 0 Å². The van der Waals surface area contributed by atoms with E-state index in [0.29, 0.717) is 0 Å². The molecule has 0 aliphatic heterocycles. The molecule has 6 nitrogen and oxygen atoms in total. The standard InChI is InChI=1S/2C6H6O2.C6H4O2/c3*7-5-1-2-6(8)4-3-5/h2*1-4,7-8H;1-4H/p+1. The van der Waals surface area contributed by atoms with Crippen LogP contribution in [0, 0.1) is 0 Å². The predicted molar refractivity (Wildman–Crippen MR) is 87.8 cm³/mol. The Labute approximate surface area is 141 Å². The monoisotopic (exact) mass is 329 g/mol. The van der Waals surface area contributed by atoms with Crippen LogP contribution in [0.1, 0.15) is 2.85 Å². The second-order valence-electron chi connectivity index (χ2n) is 4.48. The summed E-state index contributed by atoms with van der Waals surface area (Å²) in [4.78, 5) is 20.6. The number of ketones is 2. The molecular formula is C18H17O6+. The SMILES string of the molecule is O=C1C=CC(=O)C=C1.Oc1ccc(O)cc1.[H+].[H+].[O-]c1ccc(O)cc1. The van der Waals surface area contributed by atoms with E-state index in [4.69, 9.17) is 15.3 Å². The number of rotatable bonds is 0. The van der Waals surface area contributed by atoms with Crippen molar-refractivity contribution in [1.82, 2.24) is 0 Å². The van der Waals surface area contributed by atoms with E-state index in [1.807, 2.05) is 0 Å². The van der Waals surface area contributed by atoms with E-state index in [2.05, 4.69) is 0 Å². The van der Waals surface area contributed by atoms with Gasteiger partial charge >= 0.3 is 2.85 Å². The van der Waals surface area contributed by atoms with E-state index in [-0.39, 0.29) is 37.4 Å². The Bertz CT molecular complexity index is 614. The minimum Gasteiger partial charge on any atom is -0.872 e. The van der Waals surface area contributed by atoms with Crippen LogP contribution in [0.15, 0.2) is 72.8 Å².